The summed E-state index contributed by atoms with van der Waals surface area (Å²) < 4.78 is 0. The Bertz CT molecular complexity index is 817. The van der Waals surface area contributed by atoms with Gasteiger partial charge in [0.25, 0.3) is 0 Å². The lowest BCUT2D eigenvalue weighted by atomic mass is 9.94. The van der Waals surface area contributed by atoms with E-state index < -0.39 is 17.9 Å². The van der Waals surface area contributed by atoms with Gasteiger partial charge in [0.2, 0.25) is 17.7 Å². The van der Waals surface area contributed by atoms with Crippen LogP contribution in [0.2, 0.25) is 0 Å². The molecule has 1 heterocycles. The van der Waals surface area contributed by atoms with E-state index in [4.69, 9.17) is 5.73 Å². The van der Waals surface area contributed by atoms with Crippen LogP contribution in [0.15, 0.2) is 18.2 Å². The van der Waals surface area contributed by atoms with Crippen molar-refractivity contribution in [3.63, 3.8) is 0 Å². The van der Waals surface area contributed by atoms with E-state index >= 15 is 0 Å². The van der Waals surface area contributed by atoms with Crippen LogP contribution in [0.5, 0.6) is 11.5 Å². The number of amides is 3. The van der Waals surface area contributed by atoms with E-state index in [-0.39, 0.29) is 36.7 Å². The third kappa shape index (κ3) is 6.59. The third-order valence-electron chi connectivity index (χ3n) is 6.45. The second-order valence-electron chi connectivity index (χ2n) is 8.77. The lowest BCUT2D eigenvalue weighted by Gasteiger charge is -2.41. The summed E-state index contributed by atoms with van der Waals surface area (Å²) in [6, 6.07) is 3.74. The normalized spacial score (nSPS) is 18.8. The van der Waals surface area contributed by atoms with Crippen LogP contribution < -0.4 is 11.1 Å². The quantitative estimate of drug-likeness (QED) is 0.468. The van der Waals surface area contributed by atoms with E-state index in [9.17, 15) is 24.6 Å². The molecule has 3 rings (SSSR count). The molecule has 0 spiro atoms. The van der Waals surface area contributed by atoms with Crippen molar-refractivity contribution < 1.29 is 24.6 Å². The van der Waals surface area contributed by atoms with Crippen LogP contribution in [0.3, 0.4) is 0 Å². The molecule has 9 nitrogen and oxygen atoms in total. The van der Waals surface area contributed by atoms with E-state index in [0.717, 1.165) is 19.2 Å². The molecule has 5 N–H and O–H groups in total. The van der Waals surface area contributed by atoms with Crippen molar-refractivity contribution >= 4 is 17.7 Å². The Morgan fingerprint density at radius 2 is 1.75 bits per heavy atom. The monoisotopic (exact) mass is 446 g/mol. The van der Waals surface area contributed by atoms with E-state index in [1.807, 2.05) is 0 Å². The van der Waals surface area contributed by atoms with Gasteiger partial charge < -0.3 is 26.2 Å². The Labute approximate surface area is 188 Å². The predicted molar refractivity (Wildman–Crippen MR) is 119 cm³/mol. The minimum absolute atomic E-state index is 0.0107. The van der Waals surface area contributed by atoms with Crippen molar-refractivity contribution in [3.05, 3.63) is 23.8 Å². The molecule has 1 saturated carbocycles. The topological polar surface area (TPSA) is 136 Å². The average molecular weight is 447 g/mol. The summed E-state index contributed by atoms with van der Waals surface area (Å²) in [4.78, 5) is 41.2. The van der Waals surface area contributed by atoms with Crippen molar-refractivity contribution in [1.82, 2.24) is 15.1 Å². The molecule has 32 heavy (non-hydrogen) atoms. The number of aromatic hydroxyl groups is 2. The first-order chi connectivity index (χ1) is 15.3. The number of piperazine rings is 1. The number of carbonyl (C=O) groups excluding carboxylic acids is 3. The molecule has 176 valence electrons. The average Bonchev–Trinajstić information content (AvgIpc) is 2.78. The first-order valence-corrected chi connectivity index (χ1v) is 11.4. The van der Waals surface area contributed by atoms with Gasteiger partial charge in [-0.05, 0) is 25.3 Å². The number of carbonyl (C=O) groups is 3. The summed E-state index contributed by atoms with van der Waals surface area (Å²) in [6.07, 6.45) is 6.24. The third-order valence-corrected chi connectivity index (χ3v) is 6.45. The highest BCUT2D eigenvalue weighted by Crippen LogP contribution is 2.24. The van der Waals surface area contributed by atoms with Gasteiger partial charge in [0.15, 0.2) is 0 Å². The molecule has 1 aromatic rings. The Kier molecular flexibility index (Phi) is 8.33. The summed E-state index contributed by atoms with van der Waals surface area (Å²) in [5, 5.41) is 22.0. The molecule has 3 amide bonds. The maximum absolute atomic E-state index is 13.2. The fraction of sp³-hybridized carbons (Fsp3) is 0.609. The smallest absolute Gasteiger partial charge is 0.245 e. The van der Waals surface area contributed by atoms with Crippen LogP contribution in [0.25, 0.3) is 0 Å². The Morgan fingerprint density at radius 3 is 2.38 bits per heavy atom. The molecular formula is C23H34N4O5. The SMILES string of the molecule is NC(=O)CCC(NC(=O)Cc1ccc(O)cc1O)C(=O)N1CCN(C2CCCCC2)CC1. The lowest BCUT2D eigenvalue weighted by Crippen LogP contribution is -2.56. The van der Waals surface area contributed by atoms with Gasteiger partial charge in [-0.3, -0.25) is 19.3 Å². The van der Waals surface area contributed by atoms with E-state index in [2.05, 4.69) is 10.2 Å². The Morgan fingerprint density at radius 1 is 1.06 bits per heavy atom. The van der Waals surface area contributed by atoms with Gasteiger partial charge in [0.1, 0.15) is 17.5 Å². The molecule has 1 aliphatic carbocycles. The number of nitrogens with two attached hydrogens (primary N) is 1. The summed E-state index contributed by atoms with van der Waals surface area (Å²) in [7, 11) is 0. The summed E-state index contributed by atoms with van der Waals surface area (Å²) in [5.41, 5.74) is 5.60. The van der Waals surface area contributed by atoms with Gasteiger partial charge in [0.05, 0.1) is 6.42 Å². The molecule has 0 aromatic heterocycles. The molecule has 1 aliphatic heterocycles. The van der Waals surface area contributed by atoms with Crippen molar-refractivity contribution in [2.24, 2.45) is 5.73 Å². The fourth-order valence-corrected chi connectivity index (χ4v) is 4.64. The summed E-state index contributed by atoms with van der Waals surface area (Å²) in [5.74, 6) is -1.49. The van der Waals surface area contributed by atoms with Crippen molar-refractivity contribution in [3.8, 4) is 11.5 Å². The van der Waals surface area contributed by atoms with Gasteiger partial charge in [-0.1, -0.05) is 25.3 Å². The molecule has 9 heteroatoms. The van der Waals surface area contributed by atoms with Crippen molar-refractivity contribution in [2.75, 3.05) is 26.2 Å². The van der Waals surface area contributed by atoms with Crippen LogP contribution in [-0.4, -0.2) is 76.0 Å². The maximum atomic E-state index is 13.2. The fourth-order valence-electron chi connectivity index (χ4n) is 4.64. The standard InChI is InChI=1S/C23H34N4O5/c24-21(30)9-8-19(25-22(31)14-16-6-7-18(28)15-20(16)29)23(32)27-12-10-26(11-13-27)17-4-2-1-3-5-17/h6-7,15,17,19,28-29H,1-5,8-14H2,(H2,24,30)(H,25,31). The highest BCUT2D eigenvalue weighted by molar-refractivity contribution is 5.89. The summed E-state index contributed by atoms with van der Waals surface area (Å²) in [6.45, 7) is 2.82. The van der Waals surface area contributed by atoms with E-state index in [1.54, 1.807) is 4.90 Å². The molecule has 0 bridgehead atoms. The van der Waals surface area contributed by atoms with Crippen LogP contribution in [0.1, 0.15) is 50.5 Å². The largest absolute Gasteiger partial charge is 0.508 e. The second kappa shape index (κ2) is 11.2. The zero-order chi connectivity index (χ0) is 23.1. The maximum Gasteiger partial charge on any atom is 0.245 e. The molecule has 2 aliphatic rings. The molecule has 1 aromatic carbocycles. The second-order valence-corrected chi connectivity index (χ2v) is 8.77. The van der Waals surface area contributed by atoms with Crippen LogP contribution in [0, 0.1) is 0 Å². The first-order valence-electron chi connectivity index (χ1n) is 11.4. The Hall–Kier alpha value is -2.81. The summed E-state index contributed by atoms with van der Waals surface area (Å²) >= 11 is 0. The number of nitrogens with one attached hydrogen (secondary N) is 1. The zero-order valence-electron chi connectivity index (χ0n) is 18.5. The predicted octanol–water partition coefficient (Wildman–Crippen LogP) is 0.868. The minimum atomic E-state index is -0.851. The van der Waals surface area contributed by atoms with E-state index in [0.29, 0.717) is 24.7 Å². The number of hydrogen-bond acceptors (Lipinski definition) is 6. The van der Waals surface area contributed by atoms with Crippen molar-refractivity contribution in [2.45, 2.75) is 63.5 Å². The molecule has 1 atom stereocenters. The number of primary amides is 1. The number of nitrogens with zero attached hydrogens (tertiary/aromatic N) is 2. The lowest BCUT2D eigenvalue weighted by molar-refractivity contribution is -0.138. The van der Waals surface area contributed by atoms with Crippen molar-refractivity contribution in [1.29, 1.82) is 0 Å². The number of phenols is 2. The number of hydrogen-bond donors (Lipinski definition) is 4. The van der Waals surface area contributed by atoms with Gasteiger partial charge >= 0.3 is 0 Å². The van der Waals surface area contributed by atoms with Crippen LogP contribution in [0.4, 0.5) is 0 Å². The number of phenolic OH excluding ortho intramolecular Hbond substituents is 2. The van der Waals surface area contributed by atoms with Gasteiger partial charge in [0, 0.05) is 50.3 Å². The number of benzene rings is 1. The highest BCUT2D eigenvalue weighted by Gasteiger charge is 2.31. The van der Waals surface area contributed by atoms with Gasteiger partial charge in [-0.2, -0.15) is 0 Å². The first kappa shape index (κ1) is 23.8. The molecule has 0 radical (unpaired) electrons. The zero-order valence-corrected chi connectivity index (χ0v) is 18.5. The van der Waals surface area contributed by atoms with Gasteiger partial charge in [-0.25, -0.2) is 0 Å². The molecule has 2 fully saturated rings. The highest BCUT2D eigenvalue weighted by atomic mass is 16.3. The van der Waals surface area contributed by atoms with Crippen LogP contribution in [-0.2, 0) is 20.8 Å². The minimum Gasteiger partial charge on any atom is -0.508 e. The number of rotatable bonds is 8. The van der Waals surface area contributed by atoms with Crippen LogP contribution >= 0.6 is 0 Å². The molecule has 1 saturated heterocycles. The van der Waals surface area contributed by atoms with E-state index in [1.165, 1.54) is 44.2 Å². The molecular weight excluding hydrogens is 412 g/mol. The Balaban J connectivity index is 1.58. The van der Waals surface area contributed by atoms with Gasteiger partial charge in [-0.15, -0.1) is 0 Å². The molecule has 1 unspecified atom stereocenters.